The van der Waals surface area contributed by atoms with Crippen LogP contribution in [0.3, 0.4) is 0 Å². The van der Waals surface area contributed by atoms with Gasteiger partial charge in [-0.15, -0.1) is 0 Å². The van der Waals surface area contributed by atoms with Crippen LogP contribution in [0.5, 0.6) is 0 Å². The van der Waals surface area contributed by atoms with Crippen molar-refractivity contribution in [2.24, 2.45) is 0 Å². The number of rotatable bonds is 6. The van der Waals surface area contributed by atoms with Gasteiger partial charge >= 0.3 is 6.18 Å². The predicted octanol–water partition coefficient (Wildman–Crippen LogP) is 4.66. The van der Waals surface area contributed by atoms with Gasteiger partial charge in [-0.25, -0.2) is 0 Å². The third-order valence-electron chi connectivity index (χ3n) is 1.58. The molecule has 0 radical (unpaired) electrons. The van der Waals surface area contributed by atoms with E-state index in [1.807, 2.05) is 0 Å². The zero-order valence-electron chi connectivity index (χ0n) is 11.0. The molecule has 114 valence electrons. The molecule has 0 aromatic rings. The summed E-state index contributed by atoms with van der Waals surface area (Å²) >= 11 is 0. The minimum absolute atomic E-state index is 0.0276. The fourth-order valence-electron chi connectivity index (χ4n) is 0.967. The van der Waals surface area contributed by atoms with Gasteiger partial charge in [-0.1, -0.05) is 0 Å². The lowest BCUT2D eigenvalue weighted by Crippen LogP contribution is -2.31. The van der Waals surface area contributed by atoms with Crippen molar-refractivity contribution >= 4 is 0 Å². The fraction of sp³-hybridized carbons (Fsp3) is 1.00. The van der Waals surface area contributed by atoms with Gasteiger partial charge in [0.15, 0.2) is 6.10 Å². The lowest BCUT2D eigenvalue weighted by molar-refractivity contribution is -0.221. The average Bonchev–Trinajstić information content (AvgIpc) is 2.30. The molecule has 0 heterocycles. The Morgan fingerprint density at radius 1 is 1.00 bits per heavy atom. The molecule has 0 aromatic carbocycles. The topological polar surface area (TPSA) is 9.23 Å². The number of halogens is 6. The van der Waals surface area contributed by atoms with Crippen LogP contribution in [0.25, 0.3) is 0 Å². The Morgan fingerprint density at radius 3 is 1.72 bits per heavy atom. The minimum atomic E-state index is -4.33. The van der Waals surface area contributed by atoms with Crippen molar-refractivity contribution < 1.29 is 31.1 Å². The van der Waals surface area contributed by atoms with E-state index in [1.165, 1.54) is 13.8 Å². The van der Waals surface area contributed by atoms with Gasteiger partial charge in [0.1, 0.15) is 0 Å². The molecule has 0 amide bonds. The van der Waals surface area contributed by atoms with Crippen LogP contribution in [0.1, 0.15) is 33.1 Å². The summed E-state index contributed by atoms with van der Waals surface area (Å²) in [5.41, 5.74) is 0. The number of hydrogen-bond acceptors (Lipinski definition) is 1. The van der Waals surface area contributed by atoms with Crippen LogP contribution in [-0.4, -0.2) is 39.4 Å². The van der Waals surface area contributed by atoms with Crippen LogP contribution in [0.2, 0.25) is 0 Å². The molecule has 7 heteroatoms. The van der Waals surface area contributed by atoms with E-state index in [0.717, 1.165) is 0 Å². The van der Waals surface area contributed by atoms with Crippen molar-refractivity contribution in [1.29, 1.82) is 0 Å². The Morgan fingerprint density at radius 2 is 1.44 bits per heavy atom. The highest BCUT2D eigenvalue weighted by molar-refractivity contribution is 4.67. The minimum Gasteiger partial charge on any atom is -0.369 e. The molecule has 0 aliphatic carbocycles. The maximum atomic E-state index is 12.1. The molecule has 0 bridgehead atoms. The van der Waals surface area contributed by atoms with E-state index in [1.54, 1.807) is 0 Å². The Balaban J connectivity index is -0.000000389. The monoisotopic (exact) mass is 284 g/mol. The van der Waals surface area contributed by atoms with Gasteiger partial charge in [0.2, 0.25) is 0 Å². The lowest BCUT2D eigenvalue weighted by Gasteiger charge is -2.19. The highest BCUT2D eigenvalue weighted by Gasteiger charge is 2.39. The van der Waals surface area contributed by atoms with Crippen LogP contribution in [0, 0.1) is 0 Å². The molecule has 1 atom stereocenters. The van der Waals surface area contributed by atoms with Crippen molar-refractivity contribution in [1.82, 2.24) is 0 Å². The first kappa shape index (κ1) is 22.7. The number of hydrogen-bond donors (Lipinski definition) is 0. The molecule has 0 spiro atoms. The third-order valence-corrected chi connectivity index (χ3v) is 1.58. The van der Waals surface area contributed by atoms with Crippen LogP contribution in [-0.2, 0) is 4.74 Å². The summed E-state index contributed by atoms with van der Waals surface area (Å²) in [7, 11) is 0.500. The summed E-state index contributed by atoms with van der Waals surface area (Å²) in [6.07, 6.45) is -5.84. The molecule has 0 N–H and O–H groups in total. The zero-order chi connectivity index (χ0) is 15.0. The number of ether oxygens (including phenoxy) is 1. The van der Waals surface area contributed by atoms with E-state index in [9.17, 15) is 26.3 Å². The normalized spacial score (nSPS) is 11.8. The highest BCUT2D eigenvalue weighted by atomic mass is 19.4. The largest absolute Gasteiger partial charge is 0.414 e. The quantitative estimate of drug-likeness (QED) is 0.509. The van der Waals surface area contributed by atoms with Gasteiger partial charge in [0, 0.05) is 6.61 Å². The van der Waals surface area contributed by atoms with Crippen molar-refractivity contribution in [3.63, 3.8) is 0 Å². The molecule has 0 saturated carbocycles. The van der Waals surface area contributed by atoms with E-state index < -0.39 is 19.0 Å². The maximum Gasteiger partial charge on any atom is 0.414 e. The molecular weight excluding hydrogens is 262 g/mol. The van der Waals surface area contributed by atoms with Crippen molar-refractivity contribution in [2.45, 2.75) is 45.4 Å². The zero-order valence-corrected chi connectivity index (χ0v) is 11.0. The highest BCUT2D eigenvalue weighted by Crippen LogP contribution is 2.26. The summed E-state index contributed by atoms with van der Waals surface area (Å²) < 4.78 is 72.2. The molecule has 0 fully saturated rings. The second-order valence-corrected chi connectivity index (χ2v) is 2.94. The molecule has 0 saturated heterocycles. The van der Waals surface area contributed by atoms with Crippen LogP contribution >= 0.6 is 0 Å². The predicted molar refractivity (Wildman–Crippen MR) is 60.0 cm³/mol. The molecule has 1 nitrogen and oxygen atoms in total. The summed E-state index contributed by atoms with van der Waals surface area (Å²) in [4.78, 5) is 0. The number of alkyl halides is 6. The van der Waals surface area contributed by atoms with Gasteiger partial charge in [-0.05, 0) is 33.1 Å². The van der Waals surface area contributed by atoms with Crippen LogP contribution in [0.4, 0.5) is 26.3 Å². The second kappa shape index (κ2) is 16.5. The SMILES string of the molecule is CCF.CCOC(CCCCF)C(F)(F)F.CF. The van der Waals surface area contributed by atoms with E-state index in [0.29, 0.717) is 7.18 Å². The summed E-state index contributed by atoms with van der Waals surface area (Å²) in [5.74, 6) is 0. The van der Waals surface area contributed by atoms with Crippen molar-refractivity contribution in [3.8, 4) is 0 Å². The Labute approximate surface area is 105 Å². The third kappa shape index (κ3) is 17.9. The Bertz CT molecular complexity index is 140. The molecule has 18 heavy (non-hydrogen) atoms. The maximum absolute atomic E-state index is 12.1. The molecule has 0 rings (SSSR count). The summed E-state index contributed by atoms with van der Waals surface area (Å²) in [6.45, 7) is 2.17. The van der Waals surface area contributed by atoms with Gasteiger partial charge in [0.05, 0.1) is 20.5 Å². The molecular formula is C11H22F6O. The fourth-order valence-corrected chi connectivity index (χ4v) is 0.967. The van der Waals surface area contributed by atoms with E-state index in [-0.39, 0.29) is 32.5 Å². The van der Waals surface area contributed by atoms with Crippen molar-refractivity contribution in [3.05, 3.63) is 0 Å². The van der Waals surface area contributed by atoms with E-state index in [4.69, 9.17) is 0 Å². The standard InChI is InChI=1S/C8H14F4O.C2H5F.CH3F/c1-2-13-7(8(10,11)12)5-3-4-6-9;1-2-3;1-2/h7H,2-6H2,1H3;2H2,1H3;1H3. The molecule has 0 aliphatic rings. The Hall–Kier alpha value is -0.460. The number of unbranched alkanes of at least 4 members (excludes halogenated alkanes) is 1. The van der Waals surface area contributed by atoms with Crippen molar-refractivity contribution in [2.75, 3.05) is 27.1 Å². The van der Waals surface area contributed by atoms with E-state index in [2.05, 4.69) is 4.74 Å². The first-order valence-corrected chi connectivity index (χ1v) is 5.61. The second-order valence-electron chi connectivity index (χ2n) is 2.94. The molecule has 0 aromatic heterocycles. The molecule has 0 aliphatic heterocycles. The lowest BCUT2D eigenvalue weighted by atomic mass is 10.1. The van der Waals surface area contributed by atoms with Gasteiger partial charge in [-0.2, -0.15) is 13.2 Å². The summed E-state index contributed by atoms with van der Waals surface area (Å²) in [6, 6.07) is 0. The van der Waals surface area contributed by atoms with Crippen LogP contribution < -0.4 is 0 Å². The van der Waals surface area contributed by atoms with Gasteiger partial charge in [-0.3, -0.25) is 13.2 Å². The van der Waals surface area contributed by atoms with Gasteiger partial charge < -0.3 is 4.74 Å². The Kier molecular flexibility index (Phi) is 20.9. The average molecular weight is 284 g/mol. The smallest absolute Gasteiger partial charge is 0.369 e. The summed E-state index contributed by atoms with van der Waals surface area (Å²) in [5, 5.41) is 0. The first-order valence-electron chi connectivity index (χ1n) is 5.61. The van der Waals surface area contributed by atoms with Gasteiger partial charge in [0.25, 0.3) is 0 Å². The first-order chi connectivity index (χ1) is 8.43. The van der Waals surface area contributed by atoms with Crippen LogP contribution in [0.15, 0.2) is 0 Å². The molecule has 1 unspecified atom stereocenters. The van der Waals surface area contributed by atoms with E-state index >= 15 is 0 Å².